The average Bonchev–Trinajstić information content (AvgIpc) is 3.15. The number of nitrogens with zero attached hydrogens (tertiary/aromatic N) is 3. The summed E-state index contributed by atoms with van der Waals surface area (Å²) in [6, 6.07) is 7.37. The minimum atomic E-state index is -3.93. The summed E-state index contributed by atoms with van der Waals surface area (Å²) in [5.41, 5.74) is 2.96. The Labute approximate surface area is 201 Å². The number of fused-ring (bicyclic) bond motifs is 1. The molecule has 34 heavy (non-hydrogen) atoms. The number of aryl methyl sites for hydroxylation is 2. The maximum Gasteiger partial charge on any atom is 0.359 e. The maximum absolute atomic E-state index is 14.1. The predicted octanol–water partition coefficient (Wildman–Crippen LogP) is 5.52. The number of non-ortho nitro benzene ring substituents is 1. The molecule has 12 heteroatoms. The summed E-state index contributed by atoms with van der Waals surface area (Å²) in [6.45, 7) is 10.6. The molecule has 184 valence electrons. The first-order valence-electron chi connectivity index (χ1n) is 10.9. The second kappa shape index (κ2) is 10.4. The van der Waals surface area contributed by atoms with Gasteiger partial charge in [-0.25, -0.2) is 9.66 Å². The Balaban J connectivity index is 2.18. The lowest BCUT2D eigenvalue weighted by Gasteiger charge is -2.31. The summed E-state index contributed by atoms with van der Waals surface area (Å²) < 4.78 is 27.0. The smallest absolute Gasteiger partial charge is 0.304 e. The molecular formula is C22H29N4O6PS. The van der Waals surface area contributed by atoms with Crippen molar-refractivity contribution in [1.29, 1.82) is 0 Å². The summed E-state index contributed by atoms with van der Waals surface area (Å²) in [4.78, 5) is 30.2. The van der Waals surface area contributed by atoms with Gasteiger partial charge in [-0.2, -0.15) is 0 Å². The van der Waals surface area contributed by atoms with Crippen LogP contribution < -0.4 is 11.0 Å². The SMILES string of the molecule is CCc1cc2c(=O)n(NC(c3ccc([N+](=O)[O-])cc3)P(=O)(OC(C)C)OC(C)C)c(C)nc2s1. The zero-order valence-corrected chi connectivity index (χ0v) is 21.7. The molecule has 0 aliphatic heterocycles. The van der Waals surface area contributed by atoms with Crippen molar-refractivity contribution < 1.29 is 18.5 Å². The zero-order valence-electron chi connectivity index (χ0n) is 20.0. The Bertz CT molecular complexity index is 1270. The van der Waals surface area contributed by atoms with Crippen molar-refractivity contribution in [2.24, 2.45) is 0 Å². The van der Waals surface area contributed by atoms with E-state index >= 15 is 0 Å². The fourth-order valence-corrected chi connectivity index (χ4v) is 6.69. The van der Waals surface area contributed by atoms with Crippen LogP contribution in [-0.2, 0) is 20.0 Å². The number of rotatable bonds is 10. The third kappa shape index (κ3) is 5.55. The molecule has 1 aromatic carbocycles. The van der Waals surface area contributed by atoms with E-state index in [1.165, 1.54) is 40.3 Å². The average molecular weight is 509 g/mol. The van der Waals surface area contributed by atoms with Gasteiger partial charge in [0.05, 0.1) is 22.5 Å². The monoisotopic (exact) mass is 508 g/mol. The van der Waals surface area contributed by atoms with Crippen LogP contribution >= 0.6 is 18.9 Å². The fraction of sp³-hybridized carbons (Fsp3) is 0.455. The van der Waals surface area contributed by atoms with Crippen LogP contribution in [0.5, 0.6) is 0 Å². The maximum atomic E-state index is 14.1. The summed E-state index contributed by atoms with van der Waals surface area (Å²) in [7, 11) is -3.93. The molecule has 10 nitrogen and oxygen atoms in total. The van der Waals surface area contributed by atoms with Gasteiger partial charge in [-0.15, -0.1) is 11.3 Å². The summed E-state index contributed by atoms with van der Waals surface area (Å²) in [5.74, 6) is -0.757. The van der Waals surface area contributed by atoms with Crippen molar-refractivity contribution in [3.05, 3.63) is 67.1 Å². The number of hydrogen-bond donors (Lipinski definition) is 1. The molecule has 1 atom stereocenters. The summed E-state index contributed by atoms with van der Waals surface area (Å²) in [6.07, 6.45) is -0.124. The standard InChI is InChI=1S/C22H29N4O6PS/c1-7-18-12-19-21(34-18)23-15(6)25(22(19)27)24-20(16-8-10-17(11-9-16)26(28)29)33(30,31-13(2)3)32-14(4)5/h8-14,20,24H,7H2,1-6H3. The highest BCUT2D eigenvalue weighted by atomic mass is 32.1. The minimum absolute atomic E-state index is 0.117. The molecule has 3 aromatic rings. The van der Waals surface area contributed by atoms with E-state index < -0.39 is 30.5 Å². The van der Waals surface area contributed by atoms with Crippen LogP contribution in [-0.4, -0.2) is 26.8 Å². The second-order valence-corrected chi connectivity index (χ2v) is 11.4. The minimum Gasteiger partial charge on any atom is -0.304 e. The number of nitro groups is 1. The van der Waals surface area contributed by atoms with E-state index in [0.29, 0.717) is 21.6 Å². The molecule has 0 amide bonds. The Hall–Kier alpha value is -2.59. The van der Waals surface area contributed by atoms with Gasteiger partial charge in [0.25, 0.3) is 11.2 Å². The van der Waals surface area contributed by atoms with Gasteiger partial charge >= 0.3 is 7.60 Å². The summed E-state index contributed by atoms with van der Waals surface area (Å²) in [5, 5.41) is 11.6. The van der Waals surface area contributed by atoms with Gasteiger partial charge < -0.3 is 14.5 Å². The predicted molar refractivity (Wildman–Crippen MR) is 133 cm³/mol. The molecule has 0 radical (unpaired) electrons. The van der Waals surface area contributed by atoms with Gasteiger partial charge in [0.15, 0.2) is 5.78 Å². The van der Waals surface area contributed by atoms with E-state index in [2.05, 4.69) is 10.4 Å². The van der Waals surface area contributed by atoms with Crippen LogP contribution in [0.25, 0.3) is 10.2 Å². The number of thiophene rings is 1. The van der Waals surface area contributed by atoms with Crippen molar-refractivity contribution in [3.8, 4) is 0 Å². The lowest BCUT2D eigenvalue weighted by molar-refractivity contribution is -0.384. The number of hydrogen-bond acceptors (Lipinski definition) is 9. The van der Waals surface area contributed by atoms with Gasteiger partial charge in [0, 0.05) is 17.0 Å². The molecule has 0 saturated carbocycles. The second-order valence-electron chi connectivity index (χ2n) is 8.31. The molecule has 2 heterocycles. The normalized spacial score (nSPS) is 13.1. The highest BCUT2D eigenvalue weighted by Crippen LogP contribution is 2.61. The van der Waals surface area contributed by atoms with Crippen molar-refractivity contribution >= 4 is 34.8 Å². The van der Waals surface area contributed by atoms with Gasteiger partial charge in [-0.05, 0) is 64.8 Å². The van der Waals surface area contributed by atoms with Crippen LogP contribution in [0, 0.1) is 17.0 Å². The lowest BCUT2D eigenvalue weighted by atomic mass is 10.2. The zero-order chi connectivity index (χ0) is 25.2. The van der Waals surface area contributed by atoms with Crippen LogP contribution in [0.15, 0.2) is 35.1 Å². The van der Waals surface area contributed by atoms with Gasteiger partial charge in [-0.1, -0.05) is 6.92 Å². The summed E-state index contributed by atoms with van der Waals surface area (Å²) >= 11 is 1.46. The van der Waals surface area contributed by atoms with Gasteiger partial charge in [0.2, 0.25) is 0 Å². The lowest BCUT2D eigenvalue weighted by Crippen LogP contribution is -2.35. The molecule has 0 aliphatic rings. The third-order valence-corrected chi connectivity index (χ3v) is 8.49. The van der Waals surface area contributed by atoms with E-state index in [1.807, 2.05) is 13.0 Å². The van der Waals surface area contributed by atoms with Crippen molar-refractivity contribution in [2.75, 3.05) is 5.43 Å². The van der Waals surface area contributed by atoms with Crippen molar-refractivity contribution in [1.82, 2.24) is 9.66 Å². The van der Waals surface area contributed by atoms with Crippen molar-refractivity contribution in [2.45, 2.75) is 66.0 Å². The van der Waals surface area contributed by atoms with Gasteiger partial charge in [-0.3, -0.25) is 19.5 Å². The molecule has 3 rings (SSSR count). The number of benzene rings is 1. The first-order chi connectivity index (χ1) is 15.9. The third-order valence-electron chi connectivity index (χ3n) is 4.84. The Kier molecular flexibility index (Phi) is 7.92. The highest BCUT2D eigenvalue weighted by molar-refractivity contribution is 7.54. The van der Waals surface area contributed by atoms with E-state index in [0.717, 1.165) is 11.3 Å². The van der Waals surface area contributed by atoms with E-state index in [4.69, 9.17) is 9.05 Å². The van der Waals surface area contributed by atoms with Crippen LogP contribution in [0.2, 0.25) is 0 Å². The molecule has 1 N–H and O–H groups in total. The molecule has 0 aliphatic carbocycles. The molecule has 0 spiro atoms. The topological polar surface area (TPSA) is 126 Å². The first-order valence-corrected chi connectivity index (χ1v) is 13.4. The van der Waals surface area contributed by atoms with E-state index in [1.54, 1.807) is 34.6 Å². The number of nitrogens with one attached hydrogen (secondary N) is 1. The van der Waals surface area contributed by atoms with E-state index in [-0.39, 0.29) is 11.2 Å². The molecular weight excluding hydrogens is 479 g/mol. The molecule has 2 aromatic heterocycles. The molecule has 0 saturated heterocycles. The number of nitro benzene ring substituents is 1. The highest BCUT2D eigenvalue weighted by Gasteiger charge is 2.40. The van der Waals surface area contributed by atoms with Crippen LogP contribution in [0.3, 0.4) is 0 Å². The van der Waals surface area contributed by atoms with Gasteiger partial charge in [0.1, 0.15) is 10.7 Å². The number of aromatic nitrogens is 2. The Morgan fingerprint density at radius 2 is 1.76 bits per heavy atom. The largest absolute Gasteiger partial charge is 0.359 e. The Morgan fingerprint density at radius 3 is 2.26 bits per heavy atom. The van der Waals surface area contributed by atoms with Crippen LogP contribution in [0.1, 0.15) is 56.7 Å². The van der Waals surface area contributed by atoms with Crippen LogP contribution in [0.4, 0.5) is 5.69 Å². The molecule has 0 bridgehead atoms. The van der Waals surface area contributed by atoms with E-state index in [9.17, 15) is 19.5 Å². The first kappa shape index (κ1) is 26.0. The fourth-order valence-electron chi connectivity index (χ4n) is 3.42. The Morgan fingerprint density at radius 1 is 1.18 bits per heavy atom. The molecule has 1 unspecified atom stereocenters. The van der Waals surface area contributed by atoms with Crippen molar-refractivity contribution in [3.63, 3.8) is 0 Å². The quantitative estimate of drug-likeness (QED) is 0.215. The molecule has 0 fully saturated rings.